The third kappa shape index (κ3) is 4.52. The second-order valence-corrected chi connectivity index (χ2v) is 13.3. The summed E-state index contributed by atoms with van der Waals surface area (Å²) in [5.41, 5.74) is 4.30. The van der Waals surface area contributed by atoms with E-state index >= 15 is 0 Å². The van der Waals surface area contributed by atoms with Gasteiger partial charge in [-0.15, -0.1) is 0 Å². The standard InChI is InChI=1S/C18H12O2P2S4/c19-21(25-23)17-9-5-15(6-10-17)13-1-2-14(4-3-13)16-7-11-18(12-8-16)22(20)26-24/h1-12H. The minimum atomic E-state index is -1.55. The van der Waals surface area contributed by atoms with E-state index < -0.39 is 13.2 Å². The smallest absolute Gasteiger partial charge is 0.197 e. The van der Waals surface area contributed by atoms with Gasteiger partial charge < -0.3 is 0 Å². The number of rotatable bonds is 4. The van der Waals surface area contributed by atoms with E-state index in [0.717, 1.165) is 51.9 Å². The molecular formula is C18H12O2P2S4. The largest absolute Gasteiger partial charge is 0.265 e. The molecular weight excluding hydrogens is 438 g/mol. The molecule has 3 aromatic carbocycles. The molecule has 3 aromatic rings. The van der Waals surface area contributed by atoms with E-state index in [1.807, 2.05) is 48.5 Å². The topological polar surface area (TPSA) is 34.1 Å². The molecule has 26 heavy (non-hydrogen) atoms. The Hall–Kier alpha value is -1.26. The van der Waals surface area contributed by atoms with Crippen LogP contribution in [0.2, 0.25) is 0 Å². The molecule has 8 heteroatoms. The Bertz CT molecular complexity index is 1050. The van der Waals surface area contributed by atoms with Crippen LogP contribution in [0.3, 0.4) is 0 Å². The molecule has 0 heterocycles. The summed E-state index contributed by atoms with van der Waals surface area (Å²) >= 11 is 9.57. The van der Waals surface area contributed by atoms with Crippen LogP contribution in [0.15, 0.2) is 72.8 Å². The molecule has 130 valence electrons. The molecule has 3 rings (SSSR count). The van der Waals surface area contributed by atoms with Gasteiger partial charge in [-0.2, -0.15) is 0 Å². The Morgan fingerprint density at radius 1 is 0.500 bits per heavy atom. The second kappa shape index (κ2) is 9.09. The Kier molecular flexibility index (Phi) is 6.82. The van der Waals surface area contributed by atoms with Crippen LogP contribution < -0.4 is 10.6 Å². The van der Waals surface area contributed by atoms with Crippen LogP contribution >= 0.6 is 13.2 Å². The first-order valence-electron chi connectivity index (χ1n) is 7.47. The molecule has 0 saturated heterocycles. The van der Waals surface area contributed by atoms with Crippen molar-refractivity contribution in [1.82, 2.24) is 0 Å². The lowest BCUT2D eigenvalue weighted by Gasteiger charge is -2.05. The minimum Gasteiger partial charge on any atom is -0.265 e. The Morgan fingerprint density at radius 3 is 0.962 bits per heavy atom. The first-order chi connectivity index (χ1) is 12.6. The Balaban J connectivity index is 1.86. The third-order valence-corrected chi connectivity index (χ3v) is 10.1. The van der Waals surface area contributed by atoms with E-state index in [9.17, 15) is 9.13 Å². The molecule has 0 fully saturated rings. The first-order valence-corrected chi connectivity index (χ1v) is 14.7. The van der Waals surface area contributed by atoms with Crippen molar-refractivity contribution in [3.8, 4) is 22.3 Å². The van der Waals surface area contributed by atoms with Crippen LogP contribution in [0, 0.1) is 0 Å². The van der Waals surface area contributed by atoms with E-state index in [4.69, 9.17) is 22.4 Å². The summed E-state index contributed by atoms with van der Waals surface area (Å²) in [5, 5.41) is 1.52. The average Bonchev–Trinajstić information content (AvgIpc) is 2.73. The highest BCUT2D eigenvalue weighted by atomic mass is 32.9. The highest BCUT2D eigenvalue weighted by Gasteiger charge is 2.03. The third-order valence-electron chi connectivity index (χ3n) is 3.84. The predicted octanol–water partition coefficient (Wildman–Crippen LogP) is 4.85. The van der Waals surface area contributed by atoms with E-state index in [1.54, 1.807) is 0 Å². The monoisotopic (exact) mass is 450 g/mol. The van der Waals surface area contributed by atoms with Gasteiger partial charge in [-0.05, 0) is 87.9 Å². The van der Waals surface area contributed by atoms with Crippen LogP contribution in [0.5, 0.6) is 0 Å². The summed E-state index contributed by atoms with van der Waals surface area (Å²) < 4.78 is 23.5. The highest BCUT2D eigenvalue weighted by Crippen LogP contribution is 2.25. The van der Waals surface area contributed by atoms with Gasteiger partial charge in [0.2, 0.25) is 0 Å². The van der Waals surface area contributed by atoms with Gasteiger partial charge in [0.1, 0.15) is 0 Å². The van der Waals surface area contributed by atoms with Gasteiger partial charge in [0.25, 0.3) is 0 Å². The van der Waals surface area contributed by atoms with Gasteiger partial charge in [-0.25, -0.2) is 0 Å². The lowest BCUT2D eigenvalue weighted by Crippen LogP contribution is -1.92. The van der Waals surface area contributed by atoms with Crippen molar-refractivity contribution in [3.05, 3.63) is 72.8 Å². The van der Waals surface area contributed by atoms with Crippen LogP contribution in [-0.2, 0) is 50.5 Å². The first kappa shape index (κ1) is 19.5. The SMILES string of the molecule is O=P(=S=S)c1ccc(-c2ccc(-c3ccc(P(=O)=S=S)cc3)cc2)cc1. The van der Waals surface area contributed by atoms with Crippen molar-refractivity contribution in [2.24, 2.45) is 0 Å². The second-order valence-electron chi connectivity index (χ2n) is 5.33. The molecule has 0 spiro atoms. The number of hydrogen-bond acceptors (Lipinski definition) is 4. The predicted molar refractivity (Wildman–Crippen MR) is 121 cm³/mol. The summed E-state index contributed by atoms with van der Waals surface area (Å²) in [5.74, 6) is 0. The minimum absolute atomic E-state index is 0.760. The van der Waals surface area contributed by atoms with E-state index in [-0.39, 0.29) is 0 Å². The molecule has 0 radical (unpaired) electrons. The van der Waals surface area contributed by atoms with Gasteiger partial charge >= 0.3 is 0 Å². The zero-order valence-electron chi connectivity index (χ0n) is 13.3. The number of benzene rings is 3. The van der Waals surface area contributed by atoms with Crippen LogP contribution in [0.4, 0.5) is 0 Å². The molecule has 0 aliphatic heterocycles. The lowest BCUT2D eigenvalue weighted by molar-refractivity contribution is 0.601. The van der Waals surface area contributed by atoms with Crippen molar-refractivity contribution >= 4 is 65.1 Å². The fraction of sp³-hybridized carbons (Fsp3) is 0. The maximum absolute atomic E-state index is 11.7. The van der Waals surface area contributed by atoms with Crippen LogP contribution in [-0.4, -0.2) is 0 Å². The van der Waals surface area contributed by atoms with Crippen molar-refractivity contribution in [1.29, 1.82) is 0 Å². The molecule has 0 bridgehead atoms. The van der Waals surface area contributed by atoms with E-state index in [1.165, 1.54) is 0 Å². The van der Waals surface area contributed by atoms with Gasteiger partial charge in [0.15, 0.2) is 13.2 Å². The Morgan fingerprint density at radius 2 is 0.731 bits per heavy atom. The zero-order valence-corrected chi connectivity index (χ0v) is 18.3. The molecule has 2 unspecified atom stereocenters. The fourth-order valence-corrected chi connectivity index (χ4v) is 6.25. The van der Waals surface area contributed by atoms with Crippen molar-refractivity contribution in [2.45, 2.75) is 0 Å². The van der Waals surface area contributed by atoms with Crippen molar-refractivity contribution in [3.63, 3.8) is 0 Å². The molecule has 2 atom stereocenters. The molecule has 0 saturated carbocycles. The molecule has 0 aliphatic rings. The van der Waals surface area contributed by atoms with Crippen molar-refractivity contribution in [2.75, 3.05) is 0 Å². The average molecular weight is 451 g/mol. The summed E-state index contributed by atoms with van der Waals surface area (Å²) in [6, 6.07) is 23.5. The van der Waals surface area contributed by atoms with Gasteiger partial charge in [-0.3, -0.25) is 9.13 Å². The van der Waals surface area contributed by atoms with Gasteiger partial charge in [0, 0.05) is 10.6 Å². The summed E-state index contributed by atoms with van der Waals surface area (Å²) in [7, 11) is 1.90. The summed E-state index contributed by atoms with van der Waals surface area (Å²) in [6.45, 7) is -3.09. The molecule has 2 nitrogen and oxygen atoms in total. The molecule has 0 amide bonds. The molecule has 0 N–H and O–H groups in total. The van der Waals surface area contributed by atoms with Gasteiger partial charge in [0.05, 0.1) is 0 Å². The van der Waals surface area contributed by atoms with E-state index in [2.05, 4.69) is 24.3 Å². The maximum atomic E-state index is 11.7. The van der Waals surface area contributed by atoms with Gasteiger partial charge in [-0.1, -0.05) is 48.5 Å². The van der Waals surface area contributed by atoms with Crippen molar-refractivity contribution < 1.29 is 9.13 Å². The lowest BCUT2D eigenvalue weighted by atomic mass is 10.0. The Labute approximate surface area is 168 Å². The number of hydrogen-bond donors (Lipinski definition) is 0. The molecule has 0 aliphatic carbocycles. The molecule has 0 aromatic heterocycles. The summed E-state index contributed by atoms with van der Waals surface area (Å²) in [4.78, 5) is 0. The van der Waals surface area contributed by atoms with Crippen LogP contribution in [0.25, 0.3) is 22.3 Å². The van der Waals surface area contributed by atoms with Crippen LogP contribution in [0.1, 0.15) is 0 Å². The fourth-order valence-electron chi connectivity index (χ4n) is 2.49. The highest BCUT2D eigenvalue weighted by molar-refractivity contribution is 8.34. The maximum Gasteiger partial charge on any atom is 0.197 e. The normalized spacial score (nSPS) is 11.5. The summed E-state index contributed by atoms with van der Waals surface area (Å²) in [6.07, 6.45) is 0. The van der Waals surface area contributed by atoms with E-state index in [0.29, 0.717) is 0 Å². The zero-order chi connectivity index (χ0) is 18.5. The quantitative estimate of drug-likeness (QED) is 0.533.